The number of imidazole rings is 1. The third-order valence-electron chi connectivity index (χ3n) is 4.66. The average molecular weight is 343 g/mol. The highest BCUT2D eigenvalue weighted by molar-refractivity contribution is 7.10. The molecule has 4 nitrogen and oxygen atoms in total. The summed E-state index contributed by atoms with van der Waals surface area (Å²) in [4.78, 5) is 20.3. The SMILES string of the molecule is Cn1cncc1CCC(=O)N1CCCCC[C@H]1/C=C/c1cccs1. The van der Waals surface area contributed by atoms with E-state index in [1.165, 1.54) is 17.7 Å². The molecular weight excluding hydrogens is 318 g/mol. The number of carbonyl (C=O) groups excluding carboxylic acids is 1. The van der Waals surface area contributed by atoms with Gasteiger partial charge in [0.05, 0.1) is 12.4 Å². The smallest absolute Gasteiger partial charge is 0.223 e. The minimum Gasteiger partial charge on any atom is -0.338 e. The van der Waals surface area contributed by atoms with Gasteiger partial charge >= 0.3 is 0 Å². The van der Waals surface area contributed by atoms with Gasteiger partial charge in [0.1, 0.15) is 0 Å². The molecule has 1 saturated heterocycles. The zero-order chi connectivity index (χ0) is 16.8. The Morgan fingerprint density at radius 1 is 1.42 bits per heavy atom. The topological polar surface area (TPSA) is 38.1 Å². The van der Waals surface area contributed by atoms with Crippen molar-refractivity contribution >= 4 is 23.3 Å². The molecule has 0 unspecified atom stereocenters. The molecule has 1 aliphatic heterocycles. The first-order chi connectivity index (χ1) is 11.7. The Balaban J connectivity index is 1.64. The van der Waals surface area contributed by atoms with Crippen LogP contribution >= 0.6 is 11.3 Å². The number of carbonyl (C=O) groups is 1. The van der Waals surface area contributed by atoms with Gasteiger partial charge in [0, 0.05) is 36.8 Å². The molecule has 1 amide bonds. The summed E-state index contributed by atoms with van der Waals surface area (Å²) in [5.74, 6) is 0.263. The van der Waals surface area contributed by atoms with Gasteiger partial charge in [-0.05, 0) is 36.8 Å². The molecule has 0 aliphatic carbocycles. The Morgan fingerprint density at radius 3 is 3.08 bits per heavy atom. The molecule has 5 heteroatoms. The van der Waals surface area contributed by atoms with E-state index in [0.29, 0.717) is 6.42 Å². The predicted molar refractivity (Wildman–Crippen MR) is 98.9 cm³/mol. The first kappa shape index (κ1) is 17.0. The van der Waals surface area contributed by atoms with E-state index < -0.39 is 0 Å². The maximum absolute atomic E-state index is 12.8. The van der Waals surface area contributed by atoms with Crippen LogP contribution in [0.1, 0.15) is 42.7 Å². The van der Waals surface area contributed by atoms with Gasteiger partial charge < -0.3 is 9.47 Å². The highest BCUT2D eigenvalue weighted by atomic mass is 32.1. The van der Waals surface area contributed by atoms with Crippen LogP contribution in [0.15, 0.2) is 36.1 Å². The van der Waals surface area contributed by atoms with E-state index in [-0.39, 0.29) is 11.9 Å². The zero-order valence-corrected chi connectivity index (χ0v) is 15.0. The Morgan fingerprint density at radius 2 is 2.33 bits per heavy atom. The molecule has 24 heavy (non-hydrogen) atoms. The van der Waals surface area contributed by atoms with Gasteiger partial charge in [-0.3, -0.25) is 4.79 Å². The molecule has 0 aromatic carbocycles. The molecule has 2 aromatic rings. The van der Waals surface area contributed by atoms with Gasteiger partial charge in [-0.15, -0.1) is 11.3 Å². The van der Waals surface area contributed by atoms with Crippen LogP contribution in [0.4, 0.5) is 0 Å². The summed E-state index contributed by atoms with van der Waals surface area (Å²) < 4.78 is 1.99. The van der Waals surface area contributed by atoms with Crippen molar-refractivity contribution in [2.24, 2.45) is 7.05 Å². The molecule has 0 saturated carbocycles. The molecule has 2 aromatic heterocycles. The van der Waals surface area contributed by atoms with Gasteiger partial charge in [0.2, 0.25) is 5.91 Å². The van der Waals surface area contributed by atoms with Crippen molar-refractivity contribution < 1.29 is 4.79 Å². The largest absolute Gasteiger partial charge is 0.338 e. The van der Waals surface area contributed by atoms with E-state index >= 15 is 0 Å². The van der Waals surface area contributed by atoms with Crippen LogP contribution in [-0.2, 0) is 18.3 Å². The number of aromatic nitrogens is 2. The predicted octanol–water partition coefficient (Wildman–Crippen LogP) is 3.90. The number of hydrogen-bond acceptors (Lipinski definition) is 3. The molecule has 1 fully saturated rings. The minimum absolute atomic E-state index is 0.230. The van der Waals surface area contributed by atoms with Crippen molar-refractivity contribution in [1.82, 2.24) is 14.5 Å². The van der Waals surface area contributed by atoms with Crippen molar-refractivity contribution in [3.63, 3.8) is 0 Å². The molecule has 0 N–H and O–H groups in total. The summed E-state index contributed by atoms with van der Waals surface area (Å²) in [5.41, 5.74) is 1.11. The summed E-state index contributed by atoms with van der Waals surface area (Å²) in [5, 5.41) is 2.09. The quantitative estimate of drug-likeness (QED) is 0.826. The second-order valence-electron chi connectivity index (χ2n) is 6.37. The Hall–Kier alpha value is -1.88. The molecular formula is C19H25N3OS. The van der Waals surface area contributed by atoms with Gasteiger partial charge in [-0.2, -0.15) is 0 Å². The molecule has 0 spiro atoms. The fourth-order valence-corrected chi connectivity index (χ4v) is 3.87. The lowest BCUT2D eigenvalue weighted by molar-refractivity contribution is -0.132. The Kier molecular flexibility index (Phi) is 5.86. The first-order valence-corrected chi connectivity index (χ1v) is 9.58. The standard InChI is InChI=1S/C19H25N3OS/c1-21-15-20-14-17(21)9-11-19(23)22-12-4-2-3-6-16(22)8-10-18-7-5-13-24-18/h5,7-8,10,13-16H,2-4,6,9,11-12H2,1H3/b10-8+/t16-/m0/s1. The van der Waals surface area contributed by atoms with Crippen molar-refractivity contribution in [2.45, 2.75) is 44.6 Å². The van der Waals surface area contributed by atoms with Crippen molar-refractivity contribution in [3.05, 3.63) is 46.7 Å². The van der Waals surface area contributed by atoms with Crippen molar-refractivity contribution in [1.29, 1.82) is 0 Å². The van der Waals surface area contributed by atoms with Gasteiger partial charge in [-0.1, -0.05) is 25.0 Å². The second kappa shape index (κ2) is 8.29. The molecule has 1 atom stereocenters. The molecule has 128 valence electrons. The zero-order valence-electron chi connectivity index (χ0n) is 14.2. The van der Waals surface area contributed by atoms with E-state index in [1.807, 2.05) is 17.8 Å². The van der Waals surface area contributed by atoms with Crippen molar-refractivity contribution in [3.8, 4) is 0 Å². The van der Waals surface area contributed by atoms with E-state index in [4.69, 9.17) is 0 Å². The summed E-state index contributed by atoms with van der Waals surface area (Å²) in [6.45, 7) is 0.879. The van der Waals surface area contributed by atoms with Gasteiger partial charge in [0.15, 0.2) is 0 Å². The highest BCUT2D eigenvalue weighted by Gasteiger charge is 2.23. The maximum Gasteiger partial charge on any atom is 0.223 e. The normalized spacial score (nSPS) is 18.9. The van der Waals surface area contributed by atoms with E-state index in [0.717, 1.165) is 31.5 Å². The minimum atomic E-state index is 0.230. The number of hydrogen-bond donors (Lipinski definition) is 0. The molecule has 1 aliphatic rings. The lowest BCUT2D eigenvalue weighted by Gasteiger charge is -2.28. The van der Waals surface area contributed by atoms with Crippen LogP contribution in [0.3, 0.4) is 0 Å². The molecule has 0 bridgehead atoms. The van der Waals surface area contributed by atoms with E-state index in [9.17, 15) is 4.79 Å². The maximum atomic E-state index is 12.8. The Labute approximate surface area is 147 Å². The van der Waals surface area contributed by atoms with Crippen LogP contribution in [0, 0.1) is 0 Å². The number of nitrogens with zero attached hydrogens (tertiary/aromatic N) is 3. The summed E-state index contributed by atoms with van der Waals surface area (Å²) in [7, 11) is 1.98. The summed E-state index contributed by atoms with van der Waals surface area (Å²) in [6.07, 6.45) is 13.9. The summed E-state index contributed by atoms with van der Waals surface area (Å²) >= 11 is 1.74. The van der Waals surface area contributed by atoms with Crippen LogP contribution in [0.5, 0.6) is 0 Å². The van der Waals surface area contributed by atoms with E-state index in [1.54, 1.807) is 17.7 Å². The third kappa shape index (κ3) is 4.35. The highest BCUT2D eigenvalue weighted by Crippen LogP contribution is 2.21. The lowest BCUT2D eigenvalue weighted by atomic mass is 10.1. The van der Waals surface area contributed by atoms with Crippen molar-refractivity contribution in [2.75, 3.05) is 6.54 Å². The number of thiophene rings is 1. The average Bonchev–Trinajstić information content (AvgIpc) is 3.18. The van der Waals surface area contributed by atoms with Crippen LogP contribution in [-0.4, -0.2) is 32.9 Å². The number of amides is 1. The number of likely N-dealkylation sites (tertiary alicyclic amines) is 1. The third-order valence-corrected chi connectivity index (χ3v) is 5.49. The summed E-state index contributed by atoms with van der Waals surface area (Å²) in [6, 6.07) is 4.41. The number of aryl methyl sites for hydroxylation is 2. The van der Waals surface area contributed by atoms with Crippen LogP contribution in [0.25, 0.3) is 6.08 Å². The van der Waals surface area contributed by atoms with Gasteiger partial charge in [0.25, 0.3) is 0 Å². The fraction of sp³-hybridized carbons (Fsp3) is 0.474. The monoisotopic (exact) mass is 343 g/mol. The number of rotatable bonds is 5. The van der Waals surface area contributed by atoms with E-state index in [2.05, 4.69) is 39.5 Å². The van der Waals surface area contributed by atoms with Gasteiger partial charge in [-0.25, -0.2) is 4.98 Å². The van der Waals surface area contributed by atoms with Crippen LogP contribution < -0.4 is 0 Å². The lowest BCUT2D eigenvalue weighted by Crippen LogP contribution is -2.39. The molecule has 3 rings (SSSR count). The fourth-order valence-electron chi connectivity index (χ4n) is 3.24. The second-order valence-corrected chi connectivity index (χ2v) is 7.35. The van der Waals surface area contributed by atoms with Crippen LogP contribution in [0.2, 0.25) is 0 Å². The molecule has 3 heterocycles. The first-order valence-electron chi connectivity index (χ1n) is 8.70. The molecule has 0 radical (unpaired) electrons. The Bertz CT molecular complexity index is 675.